The van der Waals surface area contributed by atoms with Gasteiger partial charge in [-0.3, -0.25) is 19.3 Å². The molecule has 6 N–H and O–H groups in total. The van der Waals surface area contributed by atoms with E-state index in [1.54, 1.807) is 11.0 Å². The van der Waals surface area contributed by atoms with E-state index in [4.69, 9.17) is 5.73 Å². The van der Waals surface area contributed by atoms with E-state index in [1.165, 1.54) is 6.07 Å². The lowest BCUT2D eigenvalue weighted by Gasteiger charge is -2.51. The van der Waals surface area contributed by atoms with E-state index in [0.717, 1.165) is 5.56 Å². The summed E-state index contributed by atoms with van der Waals surface area (Å²) in [6, 6.07) is 2.18. The van der Waals surface area contributed by atoms with Gasteiger partial charge in [0.25, 0.3) is 5.91 Å². The monoisotopic (exact) mass is 484 g/mol. The van der Waals surface area contributed by atoms with Crippen molar-refractivity contribution in [2.75, 3.05) is 13.1 Å². The highest BCUT2D eigenvalue weighted by molar-refractivity contribution is 6.24. The van der Waals surface area contributed by atoms with E-state index in [0.29, 0.717) is 25.1 Å². The van der Waals surface area contributed by atoms with Gasteiger partial charge in [0.2, 0.25) is 5.78 Å². The molecule has 0 saturated heterocycles. The van der Waals surface area contributed by atoms with Gasteiger partial charge in [0.15, 0.2) is 11.4 Å². The van der Waals surface area contributed by atoms with Gasteiger partial charge < -0.3 is 26.2 Å². The van der Waals surface area contributed by atoms with Crippen molar-refractivity contribution in [3.05, 3.63) is 45.7 Å². The lowest BCUT2D eigenvalue weighted by atomic mass is 9.57. The minimum Gasteiger partial charge on any atom is -0.508 e. The molecule has 188 valence electrons. The number of amides is 1. The molecule has 4 unspecified atom stereocenters. The summed E-state index contributed by atoms with van der Waals surface area (Å²) in [5.41, 5.74) is 3.60. The molecule has 0 radical (unpaired) electrons. The van der Waals surface area contributed by atoms with Crippen molar-refractivity contribution in [3.63, 3.8) is 0 Å². The normalized spacial score (nSPS) is 28.4. The van der Waals surface area contributed by atoms with Crippen LogP contribution in [0, 0.1) is 11.8 Å². The average molecular weight is 485 g/mol. The topological polar surface area (TPSA) is 161 Å². The first-order chi connectivity index (χ1) is 16.4. The Bertz CT molecular complexity index is 1190. The van der Waals surface area contributed by atoms with Gasteiger partial charge in [-0.15, -0.1) is 0 Å². The van der Waals surface area contributed by atoms with Crippen LogP contribution in [-0.2, 0) is 20.8 Å². The number of phenols is 1. The van der Waals surface area contributed by atoms with Gasteiger partial charge in [-0.25, -0.2) is 0 Å². The average Bonchev–Trinajstić information content (AvgIpc) is 2.78. The van der Waals surface area contributed by atoms with Gasteiger partial charge in [0, 0.05) is 11.5 Å². The molecular formula is C26H32N2O7. The fraction of sp³-hybridized carbons (Fsp3) is 0.500. The highest BCUT2D eigenvalue weighted by Gasteiger charge is 2.64. The SMILES string of the molecule is CCN(CC)C1C(=O)C(C(N)=O)=C(O)C2(O)C(=O)C3=C(O)c4c(O)ccc(C(C)C)c4CC3CC12. The van der Waals surface area contributed by atoms with Crippen molar-refractivity contribution in [2.45, 2.75) is 58.1 Å². The summed E-state index contributed by atoms with van der Waals surface area (Å²) < 4.78 is 0. The largest absolute Gasteiger partial charge is 0.508 e. The van der Waals surface area contributed by atoms with Crippen molar-refractivity contribution in [2.24, 2.45) is 17.6 Å². The van der Waals surface area contributed by atoms with E-state index < -0.39 is 58.0 Å². The van der Waals surface area contributed by atoms with Crippen LogP contribution in [0.25, 0.3) is 5.76 Å². The van der Waals surface area contributed by atoms with Crippen LogP contribution in [0.4, 0.5) is 0 Å². The maximum atomic E-state index is 13.9. The number of phenolic OH excluding ortho intramolecular Hbond substituents is 1. The Balaban J connectivity index is 1.99. The zero-order valence-electron chi connectivity index (χ0n) is 20.3. The summed E-state index contributed by atoms with van der Waals surface area (Å²) in [5.74, 6) is -6.23. The molecule has 1 amide bonds. The number of rotatable bonds is 5. The van der Waals surface area contributed by atoms with Crippen LogP contribution in [0.2, 0.25) is 0 Å². The number of nitrogens with two attached hydrogens (primary N) is 1. The summed E-state index contributed by atoms with van der Waals surface area (Å²) in [6.45, 7) is 8.39. The molecule has 1 saturated carbocycles. The number of aliphatic hydroxyl groups excluding tert-OH is 2. The lowest BCUT2D eigenvalue weighted by Crippen LogP contribution is -2.66. The van der Waals surface area contributed by atoms with Gasteiger partial charge in [0.05, 0.1) is 11.6 Å². The third kappa shape index (κ3) is 3.32. The molecule has 3 aliphatic carbocycles. The lowest BCUT2D eigenvalue weighted by molar-refractivity contribution is -0.154. The van der Waals surface area contributed by atoms with Crippen molar-refractivity contribution in [3.8, 4) is 5.75 Å². The van der Waals surface area contributed by atoms with E-state index in [1.807, 2.05) is 27.7 Å². The molecule has 4 atom stereocenters. The van der Waals surface area contributed by atoms with Crippen molar-refractivity contribution >= 4 is 23.2 Å². The first-order valence-corrected chi connectivity index (χ1v) is 12.0. The number of hydrogen-bond acceptors (Lipinski definition) is 8. The fourth-order valence-electron chi connectivity index (χ4n) is 6.25. The molecule has 0 aromatic heterocycles. The maximum absolute atomic E-state index is 13.9. The highest BCUT2D eigenvalue weighted by Crippen LogP contribution is 2.53. The van der Waals surface area contributed by atoms with Crippen LogP contribution in [-0.4, -0.2) is 67.5 Å². The van der Waals surface area contributed by atoms with Crippen LogP contribution in [0.3, 0.4) is 0 Å². The maximum Gasteiger partial charge on any atom is 0.255 e. The second-order valence-electron chi connectivity index (χ2n) is 9.90. The molecule has 1 aromatic rings. The quantitative estimate of drug-likeness (QED) is 0.396. The number of likely N-dealkylation sites (N-methyl/N-ethyl adjacent to an activating group) is 1. The number of primary amides is 1. The Morgan fingerprint density at radius 2 is 1.80 bits per heavy atom. The molecule has 0 aliphatic heterocycles. The van der Waals surface area contributed by atoms with Crippen molar-refractivity contribution < 1.29 is 34.8 Å². The van der Waals surface area contributed by atoms with E-state index in [9.17, 15) is 34.8 Å². The highest BCUT2D eigenvalue weighted by atomic mass is 16.3. The molecule has 0 bridgehead atoms. The summed E-state index contributed by atoms with van der Waals surface area (Å²) in [5, 5.41) is 44.4. The number of aromatic hydroxyl groups is 1. The molecule has 1 aromatic carbocycles. The summed E-state index contributed by atoms with van der Waals surface area (Å²) in [7, 11) is 0. The Morgan fingerprint density at radius 3 is 2.34 bits per heavy atom. The van der Waals surface area contributed by atoms with Crippen LogP contribution in [0.15, 0.2) is 29.0 Å². The van der Waals surface area contributed by atoms with Gasteiger partial charge >= 0.3 is 0 Å². The standard InChI is InChI=1S/C26H32N2O7/c1-5-28(6-2)20-15-10-12-9-14-13(11(3)4)7-8-16(29)18(14)21(30)17(12)23(32)26(15,35)24(33)19(22(20)31)25(27)34/h7-8,11-12,15,20,29-30,33,35H,5-6,9-10H2,1-4H3,(H2,27,34). The number of nitrogens with zero attached hydrogens (tertiary/aromatic N) is 1. The predicted octanol–water partition coefficient (Wildman–Crippen LogP) is 1.87. The summed E-state index contributed by atoms with van der Waals surface area (Å²) in [4.78, 5) is 41.1. The van der Waals surface area contributed by atoms with Crippen LogP contribution in [0.5, 0.6) is 5.75 Å². The van der Waals surface area contributed by atoms with Gasteiger partial charge in [-0.05, 0) is 55.0 Å². The first-order valence-electron chi connectivity index (χ1n) is 12.0. The van der Waals surface area contributed by atoms with Gasteiger partial charge in [-0.1, -0.05) is 33.8 Å². The summed E-state index contributed by atoms with van der Waals surface area (Å²) >= 11 is 0. The Kier molecular flexibility index (Phi) is 6.05. The molecule has 9 nitrogen and oxygen atoms in total. The number of fused-ring (bicyclic) bond motifs is 3. The van der Waals surface area contributed by atoms with Crippen LogP contribution < -0.4 is 5.73 Å². The van der Waals surface area contributed by atoms with E-state index >= 15 is 0 Å². The van der Waals surface area contributed by atoms with Crippen LogP contribution in [0.1, 0.15) is 56.7 Å². The number of aliphatic hydroxyl groups is 3. The second-order valence-corrected chi connectivity index (χ2v) is 9.90. The molecule has 3 aliphatic rings. The smallest absolute Gasteiger partial charge is 0.255 e. The molecule has 0 heterocycles. The molecule has 4 rings (SSSR count). The number of ketones is 2. The van der Waals surface area contributed by atoms with Crippen LogP contribution >= 0.6 is 0 Å². The fourth-order valence-corrected chi connectivity index (χ4v) is 6.25. The van der Waals surface area contributed by atoms with E-state index in [-0.39, 0.29) is 29.2 Å². The second kappa shape index (κ2) is 8.49. The number of carbonyl (C=O) groups is 3. The van der Waals surface area contributed by atoms with Gasteiger partial charge in [-0.2, -0.15) is 0 Å². The zero-order chi connectivity index (χ0) is 26.0. The minimum atomic E-state index is -2.62. The third-order valence-corrected chi connectivity index (χ3v) is 7.91. The Morgan fingerprint density at radius 1 is 1.17 bits per heavy atom. The zero-order valence-corrected chi connectivity index (χ0v) is 20.3. The molecule has 35 heavy (non-hydrogen) atoms. The Hall–Kier alpha value is -3.17. The number of carbonyl (C=O) groups excluding carboxylic acids is 3. The predicted molar refractivity (Wildman–Crippen MR) is 128 cm³/mol. The number of benzene rings is 1. The molecular weight excluding hydrogens is 452 g/mol. The van der Waals surface area contributed by atoms with Crippen molar-refractivity contribution in [1.82, 2.24) is 4.90 Å². The Labute approximate surface area is 203 Å². The third-order valence-electron chi connectivity index (χ3n) is 7.91. The van der Waals surface area contributed by atoms with Crippen molar-refractivity contribution in [1.29, 1.82) is 0 Å². The number of hydrogen-bond donors (Lipinski definition) is 5. The first kappa shape index (κ1) is 24.9. The van der Waals surface area contributed by atoms with Gasteiger partial charge in [0.1, 0.15) is 22.8 Å². The summed E-state index contributed by atoms with van der Waals surface area (Å²) in [6.07, 6.45) is 0.401. The molecule has 1 fully saturated rings. The number of Topliss-reactive ketones (excluding diaryl/α,β-unsaturated/α-hetero) is 2. The van der Waals surface area contributed by atoms with E-state index in [2.05, 4.69) is 0 Å². The molecule has 9 heteroatoms. The minimum absolute atomic E-state index is 0.0831. The molecule has 0 spiro atoms.